The van der Waals surface area contributed by atoms with E-state index in [4.69, 9.17) is 14.9 Å². The summed E-state index contributed by atoms with van der Waals surface area (Å²) in [6.45, 7) is 7.50. The minimum absolute atomic E-state index is 0.249. The maximum Gasteiger partial charge on any atom is 0.134 e. The Morgan fingerprint density at radius 1 is 1.21 bits per heavy atom. The Hall–Kier alpha value is -1.32. The van der Waals surface area contributed by atoms with Gasteiger partial charge in [0.2, 0.25) is 0 Å². The van der Waals surface area contributed by atoms with Crippen LogP contribution in [0.3, 0.4) is 0 Å². The van der Waals surface area contributed by atoms with Gasteiger partial charge in [-0.25, -0.2) is 0 Å². The zero-order valence-electron chi connectivity index (χ0n) is 12.0. The molecule has 0 saturated carbocycles. The molecule has 1 aromatic carbocycles. The lowest BCUT2D eigenvalue weighted by molar-refractivity contribution is 0.0395. The van der Waals surface area contributed by atoms with Crippen LogP contribution < -0.4 is 5.73 Å². The molecular formula is C16H23NO2. The van der Waals surface area contributed by atoms with Crippen molar-refractivity contribution >= 4 is 11.0 Å². The van der Waals surface area contributed by atoms with Crippen molar-refractivity contribution in [2.45, 2.75) is 46.4 Å². The lowest BCUT2D eigenvalue weighted by Crippen LogP contribution is -2.12. The minimum atomic E-state index is 0.249. The normalized spacial score (nSPS) is 13.3. The Labute approximate surface area is 114 Å². The lowest BCUT2D eigenvalue weighted by Gasteiger charge is -2.15. The number of hydrogen-bond donors (Lipinski definition) is 1. The molecule has 104 valence electrons. The van der Waals surface area contributed by atoms with Crippen molar-refractivity contribution in [1.29, 1.82) is 0 Å². The van der Waals surface area contributed by atoms with E-state index in [2.05, 4.69) is 26.8 Å². The molecule has 3 nitrogen and oxygen atoms in total. The summed E-state index contributed by atoms with van der Waals surface area (Å²) < 4.78 is 11.7. The van der Waals surface area contributed by atoms with Gasteiger partial charge in [0.15, 0.2) is 0 Å². The molecule has 1 atom stereocenters. The highest BCUT2D eigenvalue weighted by Crippen LogP contribution is 2.26. The summed E-state index contributed by atoms with van der Waals surface area (Å²) in [6.07, 6.45) is 1.31. The van der Waals surface area contributed by atoms with E-state index < -0.39 is 0 Å². The Morgan fingerprint density at radius 3 is 2.63 bits per heavy atom. The van der Waals surface area contributed by atoms with Crippen molar-refractivity contribution in [2.75, 3.05) is 0 Å². The second-order valence-electron chi connectivity index (χ2n) is 5.46. The fourth-order valence-electron chi connectivity index (χ4n) is 2.43. The number of rotatable bonds is 6. The van der Waals surface area contributed by atoms with Gasteiger partial charge in [0.05, 0.1) is 19.3 Å². The molecule has 2 rings (SSSR count). The largest absolute Gasteiger partial charge is 0.459 e. The molecular weight excluding hydrogens is 238 g/mol. The van der Waals surface area contributed by atoms with Gasteiger partial charge in [-0.05, 0) is 25.3 Å². The SMILES string of the molecule is CC(C)CC(C)OCc1c(CN)oc2ccccc12. The molecule has 1 heterocycles. The molecule has 0 spiro atoms. The number of furan rings is 1. The zero-order valence-corrected chi connectivity index (χ0v) is 12.0. The topological polar surface area (TPSA) is 48.4 Å². The van der Waals surface area contributed by atoms with E-state index in [0.29, 0.717) is 19.1 Å². The average Bonchev–Trinajstić information content (AvgIpc) is 2.73. The number of nitrogens with two attached hydrogens (primary N) is 1. The molecule has 0 saturated heterocycles. The predicted molar refractivity (Wildman–Crippen MR) is 77.8 cm³/mol. The van der Waals surface area contributed by atoms with Gasteiger partial charge in [-0.1, -0.05) is 32.0 Å². The summed E-state index contributed by atoms with van der Waals surface area (Å²) in [4.78, 5) is 0. The molecule has 19 heavy (non-hydrogen) atoms. The smallest absolute Gasteiger partial charge is 0.134 e. The van der Waals surface area contributed by atoms with E-state index in [9.17, 15) is 0 Å². The van der Waals surface area contributed by atoms with Crippen LogP contribution in [0.5, 0.6) is 0 Å². The predicted octanol–water partition coefficient (Wildman–Crippen LogP) is 3.84. The van der Waals surface area contributed by atoms with Crippen molar-refractivity contribution < 1.29 is 9.15 Å². The van der Waals surface area contributed by atoms with E-state index in [-0.39, 0.29) is 6.10 Å². The molecule has 1 aromatic heterocycles. The highest BCUT2D eigenvalue weighted by atomic mass is 16.5. The van der Waals surface area contributed by atoms with Crippen LogP contribution >= 0.6 is 0 Å². The van der Waals surface area contributed by atoms with Crippen LogP contribution in [-0.4, -0.2) is 6.10 Å². The third-order valence-electron chi connectivity index (χ3n) is 3.28. The molecule has 0 aliphatic heterocycles. The van der Waals surface area contributed by atoms with E-state index in [1.807, 2.05) is 18.2 Å². The number of benzene rings is 1. The van der Waals surface area contributed by atoms with E-state index >= 15 is 0 Å². The second kappa shape index (κ2) is 6.22. The molecule has 0 aliphatic rings. The van der Waals surface area contributed by atoms with Crippen LogP contribution in [0.25, 0.3) is 11.0 Å². The highest BCUT2D eigenvalue weighted by Gasteiger charge is 2.14. The zero-order chi connectivity index (χ0) is 13.8. The van der Waals surface area contributed by atoms with Crippen molar-refractivity contribution in [2.24, 2.45) is 11.7 Å². The van der Waals surface area contributed by atoms with Gasteiger partial charge in [0.1, 0.15) is 11.3 Å². The van der Waals surface area contributed by atoms with Gasteiger partial charge in [0, 0.05) is 10.9 Å². The first-order chi connectivity index (χ1) is 9.11. The van der Waals surface area contributed by atoms with Crippen molar-refractivity contribution in [3.8, 4) is 0 Å². The van der Waals surface area contributed by atoms with E-state index in [0.717, 1.165) is 28.7 Å². The fraction of sp³-hybridized carbons (Fsp3) is 0.500. The highest BCUT2D eigenvalue weighted by molar-refractivity contribution is 5.82. The van der Waals surface area contributed by atoms with Gasteiger partial charge >= 0.3 is 0 Å². The van der Waals surface area contributed by atoms with Gasteiger partial charge in [-0.2, -0.15) is 0 Å². The van der Waals surface area contributed by atoms with Gasteiger partial charge in [-0.3, -0.25) is 0 Å². The summed E-state index contributed by atoms with van der Waals surface area (Å²) in [5.74, 6) is 1.48. The van der Waals surface area contributed by atoms with Crippen LogP contribution in [0.1, 0.15) is 38.5 Å². The number of ether oxygens (including phenoxy) is 1. The molecule has 0 aliphatic carbocycles. The molecule has 2 aromatic rings. The molecule has 0 amide bonds. The fourth-order valence-corrected chi connectivity index (χ4v) is 2.43. The van der Waals surface area contributed by atoms with Crippen LogP contribution in [0.15, 0.2) is 28.7 Å². The Bertz CT molecular complexity index is 531. The number of hydrogen-bond acceptors (Lipinski definition) is 3. The van der Waals surface area contributed by atoms with Gasteiger partial charge in [0.25, 0.3) is 0 Å². The summed E-state index contributed by atoms with van der Waals surface area (Å²) in [5.41, 5.74) is 7.73. The number of fused-ring (bicyclic) bond motifs is 1. The standard InChI is InChI=1S/C16H23NO2/c1-11(2)8-12(3)18-10-14-13-6-4-5-7-15(13)19-16(14)9-17/h4-7,11-12H,8-10,17H2,1-3H3. The Kier molecular flexibility index (Phi) is 4.61. The van der Waals surface area contributed by atoms with Crippen LogP contribution in [0.4, 0.5) is 0 Å². The third kappa shape index (κ3) is 3.37. The maximum atomic E-state index is 5.93. The minimum Gasteiger partial charge on any atom is -0.459 e. The summed E-state index contributed by atoms with van der Waals surface area (Å²) in [6, 6.07) is 8.01. The molecule has 0 bridgehead atoms. The third-order valence-corrected chi connectivity index (χ3v) is 3.28. The summed E-state index contributed by atoms with van der Waals surface area (Å²) in [7, 11) is 0. The maximum absolute atomic E-state index is 5.93. The first-order valence-electron chi connectivity index (χ1n) is 6.92. The van der Waals surface area contributed by atoms with Crippen molar-refractivity contribution in [3.63, 3.8) is 0 Å². The average molecular weight is 261 g/mol. The molecule has 1 unspecified atom stereocenters. The molecule has 3 heteroatoms. The summed E-state index contributed by atoms with van der Waals surface area (Å²) >= 11 is 0. The lowest BCUT2D eigenvalue weighted by atomic mass is 10.1. The van der Waals surface area contributed by atoms with E-state index in [1.165, 1.54) is 0 Å². The first-order valence-corrected chi connectivity index (χ1v) is 6.92. The Balaban J connectivity index is 2.15. The second-order valence-corrected chi connectivity index (χ2v) is 5.46. The van der Waals surface area contributed by atoms with Crippen molar-refractivity contribution in [3.05, 3.63) is 35.6 Å². The first kappa shape index (κ1) is 14.1. The van der Waals surface area contributed by atoms with Gasteiger partial charge < -0.3 is 14.9 Å². The van der Waals surface area contributed by atoms with Crippen LogP contribution in [0, 0.1) is 5.92 Å². The quantitative estimate of drug-likeness (QED) is 0.859. The Morgan fingerprint density at radius 2 is 1.95 bits per heavy atom. The molecule has 2 N–H and O–H groups in total. The van der Waals surface area contributed by atoms with Crippen LogP contribution in [0.2, 0.25) is 0 Å². The molecule has 0 fully saturated rings. The molecule has 0 radical (unpaired) electrons. The number of para-hydroxylation sites is 1. The van der Waals surface area contributed by atoms with Crippen LogP contribution in [-0.2, 0) is 17.9 Å². The van der Waals surface area contributed by atoms with Crippen molar-refractivity contribution in [1.82, 2.24) is 0 Å². The van der Waals surface area contributed by atoms with E-state index in [1.54, 1.807) is 0 Å². The monoisotopic (exact) mass is 261 g/mol. The summed E-state index contributed by atoms with van der Waals surface area (Å²) in [5, 5.41) is 1.11. The van der Waals surface area contributed by atoms with Gasteiger partial charge in [-0.15, -0.1) is 0 Å².